The van der Waals surface area contributed by atoms with Crippen LogP contribution in [0.25, 0.3) is 31.3 Å². The maximum atomic E-state index is 2.66. The molecule has 1 aliphatic carbocycles. The van der Waals surface area contributed by atoms with Gasteiger partial charge in [0.05, 0.1) is 0 Å². The van der Waals surface area contributed by atoms with Gasteiger partial charge in [0, 0.05) is 54.3 Å². The standard InChI is InChI=1S/C62H65BN2S/c1-58(2,3)39-23-29-49-51(33-39)64(42-25-21-38(22-26-42)44-18-16-19-46-45-17-14-15-20-55(45)66-57(44)46)53-35-41(60(7,8)9)36-54-56(53)63(49)50-30-24-40(59(4,5)6)34-52(50)65(54)43-27-28-47-48(37-43)62(12,13)32-31-61(47,10)11/h14-30,33-37H,31-32H2,1-13H3. The molecule has 2 nitrogen and oxygen atoms in total. The number of nitrogens with zero attached hydrogens (tertiary/aromatic N) is 2. The van der Waals surface area contributed by atoms with Gasteiger partial charge in [-0.25, -0.2) is 0 Å². The molecule has 0 bridgehead atoms. The van der Waals surface area contributed by atoms with Gasteiger partial charge in [-0.1, -0.05) is 169 Å². The highest BCUT2D eigenvalue weighted by molar-refractivity contribution is 7.26. The van der Waals surface area contributed by atoms with Crippen molar-refractivity contribution in [2.75, 3.05) is 9.80 Å². The maximum absolute atomic E-state index is 2.66. The van der Waals surface area contributed by atoms with E-state index in [2.05, 4.69) is 233 Å². The second kappa shape index (κ2) is 14.5. The Hall–Kier alpha value is -5.58. The summed E-state index contributed by atoms with van der Waals surface area (Å²) in [6, 6.07) is 52.5. The van der Waals surface area contributed by atoms with Crippen LogP contribution in [-0.4, -0.2) is 6.71 Å². The summed E-state index contributed by atoms with van der Waals surface area (Å²) in [7, 11) is 0. The molecular formula is C62H65BN2S. The van der Waals surface area contributed by atoms with Crippen LogP contribution in [0.2, 0.25) is 0 Å². The second-order valence-electron chi connectivity index (χ2n) is 24.2. The summed E-state index contributed by atoms with van der Waals surface area (Å²) >= 11 is 1.90. The third-order valence-electron chi connectivity index (χ3n) is 15.6. The SMILES string of the molecule is CC(C)(C)c1ccc2c(c1)N(c1ccc(-c3cccc4c3sc3ccccc34)cc1)c1cc(C(C)(C)C)cc3c1B2c1ccc(C(C)(C)C)cc1N3c1ccc2c(c1)C(C)(C)CCC2(C)C. The van der Waals surface area contributed by atoms with Crippen molar-refractivity contribution >= 4 is 88.7 Å². The lowest BCUT2D eigenvalue weighted by molar-refractivity contribution is 0.332. The summed E-state index contributed by atoms with van der Waals surface area (Å²) in [5, 5.41) is 2.67. The van der Waals surface area contributed by atoms with Crippen molar-refractivity contribution in [1.82, 2.24) is 0 Å². The lowest BCUT2D eigenvalue weighted by Gasteiger charge is -2.46. The summed E-state index contributed by atoms with van der Waals surface area (Å²) in [6.07, 6.45) is 2.38. The average molecular weight is 881 g/mol. The molecule has 2 aliphatic heterocycles. The Morgan fingerprint density at radius 3 is 1.58 bits per heavy atom. The van der Waals surface area contributed by atoms with Gasteiger partial charge in [0.2, 0.25) is 0 Å². The predicted octanol–water partition coefficient (Wildman–Crippen LogP) is 16.0. The Morgan fingerprint density at radius 2 is 0.985 bits per heavy atom. The van der Waals surface area contributed by atoms with E-state index in [4.69, 9.17) is 0 Å². The average Bonchev–Trinajstić information content (AvgIpc) is 3.65. The Balaban J connectivity index is 1.18. The molecule has 0 fully saturated rings. The van der Waals surface area contributed by atoms with Gasteiger partial charge < -0.3 is 9.80 Å². The fourth-order valence-electron chi connectivity index (χ4n) is 11.4. The van der Waals surface area contributed by atoms with E-state index < -0.39 is 0 Å². The minimum absolute atomic E-state index is 0.0151. The van der Waals surface area contributed by atoms with Crippen LogP contribution in [0.4, 0.5) is 34.1 Å². The third-order valence-corrected chi connectivity index (χ3v) is 16.8. The number of thiophene rings is 1. The highest BCUT2D eigenvalue weighted by atomic mass is 32.1. The van der Waals surface area contributed by atoms with E-state index in [1.165, 1.54) is 122 Å². The first-order valence-electron chi connectivity index (χ1n) is 24.3. The van der Waals surface area contributed by atoms with Crippen molar-refractivity contribution in [1.29, 1.82) is 0 Å². The zero-order valence-electron chi connectivity index (χ0n) is 41.5. The highest BCUT2D eigenvalue weighted by Crippen LogP contribution is 2.51. The van der Waals surface area contributed by atoms with E-state index in [9.17, 15) is 0 Å². The van der Waals surface area contributed by atoms with E-state index in [1.54, 1.807) is 0 Å². The third kappa shape index (κ3) is 6.71. The van der Waals surface area contributed by atoms with E-state index >= 15 is 0 Å². The molecule has 0 saturated carbocycles. The van der Waals surface area contributed by atoms with Crippen molar-refractivity contribution in [3.05, 3.63) is 161 Å². The van der Waals surface area contributed by atoms with Gasteiger partial charge in [-0.05, 0) is 150 Å². The van der Waals surface area contributed by atoms with Crippen LogP contribution < -0.4 is 26.2 Å². The zero-order chi connectivity index (χ0) is 46.5. The van der Waals surface area contributed by atoms with Crippen LogP contribution >= 0.6 is 11.3 Å². The highest BCUT2D eigenvalue weighted by Gasteiger charge is 2.45. The number of anilines is 6. The first-order chi connectivity index (χ1) is 31.1. The largest absolute Gasteiger partial charge is 0.311 e. The molecule has 0 spiro atoms. The van der Waals surface area contributed by atoms with Gasteiger partial charge in [0.15, 0.2) is 0 Å². The number of hydrogen-bond donors (Lipinski definition) is 0. The van der Waals surface area contributed by atoms with E-state index in [1.807, 2.05) is 11.3 Å². The second-order valence-corrected chi connectivity index (χ2v) is 25.2. The van der Waals surface area contributed by atoms with Crippen molar-refractivity contribution in [3.8, 4) is 11.1 Å². The molecule has 0 N–H and O–H groups in total. The number of fused-ring (bicyclic) bond motifs is 8. The van der Waals surface area contributed by atoms with Gasteiger partial charge >= 0.3 is 0 Å². The van der Waals surface area contributed by atoms with E-state index in [-0.39, 0.29) is 33.8 Å². The molecule has 3 aliphatic rings. The summed E-state index contributed by atoms with van der Waals surface area (Å²) in [5.74, 6) is 0. The van der Waals surface area contributed by atoms with Crippen molar-refractivity contribution in [3.63, 3.8) is 0 Å². The zero-order valence-corrected chi connectivity index (χ0v) is 42.3. The predicted molar refractivity (Wildman–Crippen MR) is 290 cm³/mol. The Kier molecular flexibility index (Phi) is 9.43. The Labute approximate surface area is 398 Å². The number of hydrogen-bond acceptors (Lipinski definition) is 3. The Bertz CT molecular complexity index is 3270. The first-order valence-corrected chi connectivity index (χ1v) is 25.2. The van der Waals surface area contributed by atoms with Crippen LogP contribution in [0, 0.1) is 0 Å². The van der Waals surface area contributed by atoms with Crippen LogP contribution in [0.5, 0.6) is 0 Å². The minimum Gasteiger partial charge on any atom is -0.311 e. The Morgan fingerprint density at radius 1 is 0.470 bits per heavy atom. The van der Waals surface area contributed by atoms with Crippen LogP contribution in [-0.2, 0) is 27.1 Å². The fourth-order valence-corrected chi connectivity index (χ4v) is 12.6. The molecule has 7 aromatic carbocycles. The molecule has 0 saturated heterocycles. The molecule has 332 valence electrons. The summed E-state index contributed by atoms with van der Waals surface area (Å²) < 4.78 is 2.68. The molecule has 0 unspecified atom stereocenters. The van der Waals surface area contributed by atoms with Gasteiger partial charge in [0.25, 0.3) is 6.71 Å². The van der Waals surface area contributed by atoms with Crippen LogP contribution in [0.1, 0.15) is 131 Å². The lowest BCUT2D eigenvalue weighted by atomic mass is 9.33. The van der Waals surface area contributed by atoms with Crippen LogP contribution in [0.3, 0.4) is 0 Å². The summed E-state index contributed by atoms with van der Waals surface area (Å²) in [6.45, 7) is 31.1. The van der Waals surface area contributed by atoms with E-state index in [0.717, 1.165) is 0 Å². The van der Waals surface area contributed by atoms with Crippen LogP contribution in [0.15, 0.2) is 133 Å². The molecule has 0 amide bonds. The molecule has 3 heterocycles. The van der Waals surface area contributed by atoms with Gasteiger partial charge in [0.1, 0.15) is 0 Å². The van der Waals surface area contributed by atoms with Crippen molar-refractivity contribution in [2.24, 2.45) is 0 Å². The first kappa shape index (κ1) is 43.0. The van der Waals surface area contributed by atoms with Gasteiger partial charge in [-0.2, -0.15) is 0 Å². The van der Waals surface area contributed by atoms with Crippen molar-refractivity contribution in [2.45, 2.75) is 130 Å². The molecule has 8 aromatic rings. The van der Waals surface area contributed by atoms with E-state index in [0.29, 0.717) is 0 Å². The van der Waals surface area contributed by atoms with Gasteiger partial charge in [-0.3, -0.25) is 0 Å². The quantitative estimate of drug-likeness (QED) is 0.163. The molecule has 0 atom stereocenters. The molecule has 4 heteroatoms. The smallest absolute Gasteiger partial charge is 0.252 e. The molecule has 0 radical (unpaired) electrons. The topological polar surface area (TPSA) is 6.48 Å². The monoisotopic (exact) mass is 880 g/mol. The molecule has 11 rings (SSSR count). The minimum atomic E-state index is -0.103. The fraction of sp³-hybridized carbons (Fsp3) is 0.323. The molecule has 1 aromatic heterocycles. The number of benzene rings is 7. The van der Waals surface area contributed by atoms with Gasteiger partial charge in [-0.15, -0.1) is 11.3 Å². The summed E-state index contributed by atoms with van der Waals surface area (Å²) in [4.78, 5) is 5.28. The molecule has 66 heavy (non-hydrogen) atoms. The maximum Gasteiger partial charge on any atom is 0.252 e. The number of rotatable bonds is 3. The van der Waals surface area contributed by atoms with Crippen molar-refractivity contribution < 1.29 is 0 Å². The lowest BCUT2D eigenvalue weighted by Crippen LogP contribution is -2.61. The summed E-state index contributed by atoms with van der Waals surface area (Å²) in [5.41, 5.74) is 21.3. The molecular weight excluding hydrogens is 816 g/mol. The normalized spacial score (nSPS) is 16.3.